The summed E-state index contributed by atoms with van der Waals surface area (Å²) >= 11 is 2.21. The van der Waals surface area contributed by atoms with Gasteiger partial charge in [0.25, 0.3) is 5.91 Å². The summed E-state index contributed by atoms with van der Waals surface area (Å²) in [5, 5.41) is 9.24. The first kappa shape index (κ1) is 17.5. The average molecular weight is 425 g/mol. The second kappa shape index (κ2) is 8.66. The molecule has 6 nitrogen and oxygen atoms in total. The molecule has 0 aliphatic rings. The van der Waals surface area contributed by atoms with Crippen molar-refractivity contribution < 1.29 is 4.79 Å². The van der Waals surface area contributed by atoms with E-state index in [4.69, 9.17) is 0 Å². The molecule has 0 saturated carbocycles. The molecule has 0 fully saturated rings. The molecule has 7 heteroatoms. The van der Waals surface area contributed by atoms with Crippen molar-refractivity contribution in [2.24, 2.45) is 0 Å². The fourth-order valence-corrected chi connectivity index (χ4v) is 2.36. The fourth-order valence-electron chi connectivity index (χ4n) is 2.00. The first-order valence-electron chi connectivity index (χ1n) is 7.45. The Labute approximate surface area is 149 Å². The van der Waals surface area contributed by atoms with E-state index in [1.807, 2.05) is 44.2 Å². The highest BCUT2D eigenvalue weighted by Crippen LogP contribution is 2.10. The number of nitrogens with one attached hydrogen (secondary N) is 3. The molecule has 1 aromatic carbocycles. The smallest absolute Gasteiger partial charge is 0.251 e. The van der Waals surface area contributed by atoms with Crippen molar-refractivity contribution in [1.29, 1.82) is 0 Å². The number of amides is 1. The van der Waals surface area contributed by atoms with Crippen LogP contribution in [0.25, 0.3) is 0 Å². The van der Waals surface area contributed by atoms with E-state index in [1.54, 1.807) is 0 Å². The van der Waals surface area contributed by atoms with Crippen molar-refractivity contribution >= 4 is 40.1 Å². The molecule has 1 amide bonds. The molecule has 122 valence electrons. The number of nitrogens with zero attached hydrogens (tertiary/aromatic N) is 2. The second-order valence-corrected chi connectivity index (χ2v) is 6.15. The van der Waals surface area contributed by atoms with Crippen LogP contribution in [0, 0.1) is 10.5 Å². The van der Waals surface area contributed by atoms with Crippen molar-refractivity contribution in [3.63, 3.8) is 0 Å². The monoisotopic (exact) mass is 425 g/mol. The number of carbonyl (C=O) groups is 1. The lowest BCUT2D eigenvalue weighted by molar-refractivity contribution is 0.0955. The van der Waals surface area contributed by atoms with Crippen LogP contribution >= 0.6 is 22.6 Å². The van der Waals surface area contributed by atoms with Crippen LogP contribution in [0.1, 0.15) is 23.1 Å². The van der Waals surface area contributed by atoms with Gasteiger partial charge in [0.15, 0.2) is 0 Å². The van der Waals surface area contributed by atoms with E-state index >= 15 is 0 Å². The van der Waals surface area contributed by atoms with Crippen molar-refractivity contribution in [2.45, 2.75) is 13.8 Å². The molecule has 3 N–H and O–H groups in total. The number of rotatable bonds is 7. The van der Waals surface area contributed by atoms with Gasteiger partial charge in [-0.15, -0.1) is 0 Å². The molecule has 23 heavy (non-hydrogen) atoms. The summed E-state index contributed by atoms with van der Waals surface area (Å²) < 4.78 is 1.11. The van der Waals surface area contributed by atoms with Gasteiger partial charge in [-0.25, -0.2) is 9.97 Å². The van der Waals surface area contributed by atoms with Gasteiger partial charge < -0.3 is 16.0 Å². The summed E-state index contributed by atoms with van der Waals surface area (Å²) in [5.74, 6) is 2.17. The van der Waals surface area contributed by atoms with Crippen LogP contribution in [-0.4, -0.2) is 35.5 Å². The van der Waals surface area contributed by atoms with Gasteiger partial charge in [0.2, 0.25) is 0 Å². The zero-order valence-electron chi connectivity index (χ0n) is 13.2. The maximum atomic E-state index is 12.0. The van der Waals surface area contributed by atoms with Crippen LogP contribution in [0.3, 0.4) is 0 Å². The molecular weight excluding hydrogens is 405 g/mol. The van der Waals surface area contributed by atoms with E-state index in [9.17, 15) is 4.79 Å². The number of aryl methyl sites for hydroxylation is 1. The molecule has 0 radical (unpaired) electrons. The number of halogens is 1. The van der Waals surface area contributed by atoms with E-state index in [0.717, 1.165) is 21.8 Å². The van der Waals surface area contributed by atoms with Crippen molar-refractivity contribution in [3.05, 3.63) is 45.3 Å². The molecule has 1 heterocycles. The van der Waals surface area contributed by atoms with E-state index in [2.05, 4.69) is 48.5 Å². The molecule has 0 aliphatic heterocycles. The topological polar surface area (TPSA) is 78.9 Å². The predicted octanol–water partition coefficient (Wildman–Crippen LogP) is 2.66. The van der Waals surface area contributed by atoms with Gasteiger partial charge in [0.05, 0.1) is 0 Å². The lowest BCUT2D eigenvalue weighted by Crippen LogP contribution is -2.28. The van der Waals surface area contributed by atoms with Crippen molar-refractivity contribution in [3.8, 4) is 0 Å². The third-order valence-corrected chi connectivity index (χ3v) is 3.74. The Morgan fingerprint density at radius 1 is 1.09 bits per heavy atom. The number of hydrogen-bond acceptors (Lipinski definition) is 5. The lowest BCUT2D eigenvalue weighted by atomic mass is 10.2. The maximum Gasteiger partial charge on any atom is 0.251 e. The molecule has 0 aliphatic carbocycles. The van der Waals surface area contributed by atoms with Gasteiger partial charge >= 0.3 is 0 Å². The average Bonchev–Trinajstić information content (AvgIpc) is 2.52. The minimum absolute atomic E-state index is 0.0737. The zero-order valence-corrected chi connectivity index (χ0v) is 15.3. The Morgan fingerprint density at radius 3 is 2.39 bits per heavy atom. The van der Waals surface area contributed by atoms with Crippen molar-refractivity contribution in [1.82, 2.24) is 15.3 Å². The van der Waals surface area contributed by atoms with Crippen LogP contribution in [-0.2, 0) is 0 Å². The molecule has 1 aromatic heterocycles. The number of benzene rings is 1. The highest BCUT2D eigenvalue weighted by atomic mass is 127. The Bertz CT molecular complexity index is 660. The summed E-state index contributed by atoms with van der Waals surface area (Å²) in [6, 6.07) is 9.33. The van der Waals surface area contributed by atoms with Crippen LogP contribution in [0.5, 0.6) is 0 Å². The van der Waals surface area contributed by atoms with E-state index in [0.29, 0.717) is 24.5 Å². The SMILES string of the molecule is CCNc1cc(NCCNC(=O)c2ccc(I)cc2)nc(C)n1. The molecule has 0 spiro atoms. The van der Waals surface area contributed by atoms with Crippen LogP contribution in [0.2, 0.25) is 0 Å². The summed E-state index contributed by atoms with van der Waals surface area (Å²) in [6.07, 6.45) is 0. The second-order valence-electron chi connectivity index (χ2n) is 4.91. The normalized spacial score (nSPS) is 10.2. The van der Waals surface area contributed by atoms with E-state index < -0.39 is 0 Å². The van der Waals surface area contributed by atoms with Crippen LogP contribution in [0.15, 0.2) is 30.3 Å². The Morgan fingerprint density at radius 2 is 1.74 bits per heavy atom. The molecule has 0 atom stereocenters. The summed E-state index contributed by atoms with van der Waals surface area (Å²) in [4.78, 5) is 20.6. The highest BCUT2D eigenvalue weighted by Gasteiger charge is 2.04. The zero-order chi connectivity index (χ0) is 16.7. The summed E-state index contributed by atoms with van der Waals surface area (Å²) in [7, 11) is 0. The van der Waals surface area contributed by atoms with Gasteiger partial charge in [-0.1, -0.05) is 0 Å². The lowest BCUT2D eigenvalue weighted by Gasteiger charge is -2.10. The molecule has 0 saturated heterocycles. The van der Waals surface area contributed by atoms with Crippen LogP contribution in [0.4, 0.5) is 11.6 Å². The number of aromatic nitrogens is 2. The van der Waals surface area contributed by atoms with Gasteiger partial charge in [-0.2, -0.15) is 0 Å². The highest BCUT2D eigenvalue weighted by molar-refractivity contribution is 14.1. The number of hydrogen-bond donors (Lipinski definition) is 3. The van der Waals surface area contributed by atoms with E-state index in [1.165, 1.54) is 0 Å². The van der Waals surface area contributed by atoms with Crippen LogP contribution < -0.4 is 16.0 Å². The van der Waals surface area contributed by atoms with Gasteiger partial charge in [0.1, 0.15) is 17.5 Å². The summed E-state index contributed by atoms with van der Waals surface area (Å²) in [6.45, 7) is 5.79. The molecule has 0 unspecified atom stereocenters. The summed E-state index contributed by atoms with van der Waals surface area (Å²) in [5.41, 5.74) is 0.665. The molecule has 2 rings (SSSR count). The molecule has 0 bridgehead atoms. The minimum Gasteiger partial charge on any atom is -0.370 e. The third kappa shape index (κ3) is 5.66. The molecular formula is C16H20IN5O. The third-order valence-electron chi connectivity index (χ3n) is 3.02. The Kier molecular flexibility index (Phi) is 6.57. The van der Waals surface area contributed by atoms with Gasteiger partial charge in [-0.05, 0) is 60.7 Å². The quantitative estimate of drug-likeness (QED) is 0.470. The van der Waals surface area contributed by atoms with Crippen molar-refractivity contribution in [2.75, 3.05) is 30.3 Å². The minimum atomic E-state index is -0.0737. The molecule has 2 aromatic rings. The number of carbonyl (C=O) groups excluding carboxylic acids is 1. The predicted molar refractivity (Wildman–Crippen MR) is 101 cm³/mol. The fraction of sp³-hybridized carbons (Fsp3) is 0.312. The van der Waals surface area contributed by atoms with Gasteiger partial charge in [-0.3, -0.25) is 4.79 Å². The first-order valence-corrected chi connectivity index (χ1v) is 8.53. The van der Waals surface area contributed by atoms with E-state index in [-0.39, 0.29) is 5.91 Å². The largest absolute Gasteiger partial charge is 0.370 e. The van der Waals surface area contributed by atoms with Gasteiger partial charge in [0, 0.05) is 34.8 Å². The Hall–Kier alpha value is -1.90. The Balaban J connectivity index is 1.81. The first-order chi connectivity index (χ1) is 11.1. The standard InChI is InChI=1S/C16H20IN5O/c1-3-18-14-10-15(22-11(2)21-14)19-8-9-20-16(23)12-4-6-13(17)7-5-12/h4-7,10H,3,8-9H2,1-2H3,(H,20,23)(H2,18,19,21,22). The maximum absolute atomic E-state index is 12.0. The number of anilines is 2.